The maximum Gasteiger partial charge on any atom is 0.129 e. The third kappa shape index (κ3) is 1.81. The van der Waals surface area contributed by atoms with Crippen LogP contribution in [0.2, 0.25) is 0 Å². The number of fused-ring (bicyclic) bond motifs is 1. The second-order valence-corrected chi connectivity index (χ2v) is 4.26. The van der Waals surface area contributed by atoms with Gasteiger partial charge in [-0.05, 0) is 23.8 Å². The maximum atomic E-state index is 5.87. The molecule has 2 rings (SSSR count). The Hall–Kier alpha value is -0.860. The fourth-order valence-corrected chi connectivity index (χ4v) is 1.78. The van der Waals surface area contributed by atoms with Gasteiger partial charge in [0.25, 0.3) is 0 Å². The number of hydrogen-bond donors (Lipinski definition) is 0. The number of aliphatic imine (C=N–C) groups is 1. The molecule has 1 aromatic rings. The second kappa shape index (κ2) is 3.71. The number of allylic oxidation sites excluding steroid dienone is 3. The minimum atomic E-state index is 0.475. The SMILES string of the molecule is C=C1C=CC(Cl)=Nc2cc(Br)ccc21. The van der Waals surface area contributed by atoms with Crippen molar-refractivity contribution in [3.05, 3.63) is 47.0 Å². The lowest BCUT2D eigenvalue weighted by Gasteiger charge is -2.03. The Morgan fingerprint density at radius 3 is 2.86 bits per heavy atom. The molecule has 0 amide bonds. The molecule has 1 nitrogen and oxygen atoms in total. The summed E-state index contributed by atoms with van der Waals surface area (Å²) < 4.78 is 0.985. The molecule has 0 N–H and O–H groups in total. The highest BCUT2D eigenvalue weighted by molar-refractivity contribution is 9.10. The minimum Gasteiger partial charge on any atom is -0.236 e. The van der Waals surface area contributed by atoms with Crippen LogP contribution < -0.4 is 0 Å². The molecular weight excluding hydrogens is 261 g/mol. The standard InChI is InChI=1S/C11H7BrClN/c1-7-2-5-11(13)14-10-6-8(12)3-4-9(7)10/h2-6H,1H2. The van der Waals surface area contributed by atoms with Crippen molar-refractivity contribution in [2.45, 2.75) is 0 Å². The molecule has 1 aliphatic heterocycles. The maximum absolute atomic E-state index is 5.87. The molecule has 0 fully saturated rings. The largest absolute Gasteiger partial charge is 0.236 e. The fourth-order valence-electron chi connectivity index (χ4n) is 1.28. The first kappa shape index (κ1) is 9.69. The summed E-state index contributed by atoms with van der Waals surface area (Å²) in [6.07, 6.45) is 3.61. The van der Waals surface area contributed by atoms with Crippen LogP contribution >= 0.6 is 27.5 Å². The molecule has 70 valence electrons. The summed E-state index contributed by atoms with van der Waals surface area (Å²) in [6.45, 7) is 3.95. The summed E-state index contributed by atoms with van der Waals surface area (Å²) in [6, 6.07) is 5.87. The third-order valence-corrected chi connectivity index (χ3v) is 2.66. The molecule has 1 aromatic carbocycles. The van der Waals surface area contributed by atoms with Crippen LogP contribution in [0.25, 0.3) is 5.57 Å². The molecule has 0 saturated carbocycles. The molecule has 0 aromatic heterocycles. The van der Waals surface area contributed by atoms with Crippen LogP contribution in [0.4, 0.5) is 5.69 Å². The average Bonchev–Trinajstić information content (AvgIpc) is 2.26. The highest BCUT2D eigenvalue weighted by Crippen LogP contribution is 2.31. The second-order valence-electron chi connectivity index (χ2n) is 2.95. The normalized spacial score (nSPS) is 14.7. The Kier molecular flexibility index (Phi) is 2.57. The number of nitrogens with zero attached hydrogens (tertiary/aromatic N) is 1. The van der Waals surface area contributed by atoms with Crippen molar-refractivity contribution in [1.82, 2.24) is 0 Å². The van der Waals surface area contributed by atoms with Gasteiger partial charge < -0.3 is 0 Å². The lowest BCUT2D eigenvalue weighted by atomic mass is 10.1. The van der Waals surface area contributed by atoms with E-state index in [4.69, 9.17) is 11.6 Å². The first-order valence-corrected chi connectivity index (χ1v) is 5.25. The van der Waals surface area contributed by atoms with Gasteiger partial charge >= 0.3 is 0 Å². The summed E-state index contributed by atoms with van der Waals surface area (Å²) in [4.78, 5) is 4.26. The fraction of sp³-hybridized carbons (Fsp3) is 0. The van der Waals surface area contributed by atoms with E-state index >= 15 is 0 Å². The van der Waals surface area contributed by atoms with E-state index in [9.17, 15) is 0 Å². The van der Waals surface area contributed by atoms with Gasteiger partial charge in [-0.1, -0.05) is 46.3 Å². The summed E-state index contributed by atoms with van der Waals surface area (Å²) in [5.41, 5.74) is 2.78. The Bertz CT molecular complexity index is 460. The van der Waals surface area contributed by atoms with Crippen LogP contribution in [-0.4, -0.2) is 5.17 Å². The van der Waals surface area contributed by atoms with Crippen molar-refractivity contribution in [3.63, 3.8) is 0 Å². The summed E-state index contributed by atoms with van der Waals surface area (Å²) in [5, 5.41) is 0.475. The van der Waals surface area contributed by atoms with Crippen LogP contribution in [0.15, 0.2) is 46.4 Å². The monoisotopic (exact) mass is 267 g/mol. The lowest BCUT2D eigenvalue weighted by molar-refractivity contribution is 1.49. The smallest absolute Gasteiger partial charge is 0.129 e. The first-order valence-electron chi connectivity index (χ1n) is 4.08. The van der Waals surface area contributed by atoms with Crippen molar-refractivity contribution in [1.29, 1.82) is 0 Å². The molecule has 1 heterocycles. The first-order chi connectivity index (χ1) is 6.66. The van der Waals surface area contributed by atoms with Crippen LogP contribution in [0.3, 0.4) is 0 Å². The highest BCUT2D eigenvalue weighted by Gasteiger charge is 2.07. The Morgan fingerprint density at radius 2 is 2.07 bits per heavy atom. The Morgan fingerprint density at radius 1 is 1.29 bits per heavy atom. The van der Waals surface area contributed by atoms with E-state index in [1.165, 1.54) is 0 Å². The summed E-state index contributed by atoms with van der Waals surface area (Å²) >= 11 is 9.27. The van der Waals surface area contributed by atoms with Gasteiger partial charge in [0, 0.05) is 10.0 Å². The van der Waals surface area contributed by atoms with Gasteiger partial charge in [-0.3, -0.25) is 0 Å². The summed E-state index contributed by atoms with van der Waals surface area (Å²) in [5.74, 6) is 0. The van der Waals surface area contributed by atoms with E-state index in [-0.39, 0.29) is 0 Å². The van der Waals surface area contributed by atoms with Gasteiger partial charge in [0.15, 0.2) is 0 Å². The molecule has 1 aliphatic rings. The van der Waals surface area contributed by atoms with Crippen LogP contribution in [0.5, 0.6) is 0 Å². The molecule has 0 radical (unpaired) electrons. The van der Waals surface area contributed by atoms with E-state index in [0.29, 0.717) is 5.17 Å². The number of halogens is 2. The van der Waals surface area contributed by atoms with Gasteiger partial charge in [0.05, 0.1) is 5.69 Å². The van der Waals surface area contributed by atoms with Gasteiger partial charge in [-0.2, -0.15) is 0 Å². The quantitative estimate of drug-likeness (QED) is 0.665. The van der Waals surface area contributed by atoms with E-state index in [1.54, 1.807) is 6.08 Å². The molecule has 0 atom stereocenters. The van der Waals surface area contributed by atoms with Gasteiger partial charge in [0.1, 0.15) is 5.17 Å². The zero-order valence-corrected chi connectivity index (χ0v) is 9.64. The third-order valence-electron chi connectivity index (χ3n) is 1.96. The van der Waals surface area contributed by atoms with E-state index in [0.717, 1.165) is 21.3 Å². The molecule has 0 aliphatic carbocycles. The predicted octanol–water partition coefficient (Wildman–Crippen LogP) is 4.30. The average molecular weight is 269 g/mol. The molecule has 0 unspecified atom stereocenters. The Balaban J connectivity index is 2.67. The van der Waals surface area contributed by atoms with Crippen LogP contribution in [0.1, 0.15) is 5.56 Å². The molecular formula is C11H7BrClN. The van der Waals surface area contributed by atoms with Gasteiger partial charge in [-0.15, -0.1) is 0 Å². The zero-order valence-electron chi connectivity index (χ0n) is 7.30. The minimum absolute atomic E-state index is 0.475. The van der Waals surface area contributed by atoms with Gasteiger partial charge in [-0.25, -0.2) is 4.99 Å². The number of rotatable bonds is 0. The van der Waals surface area contributed by atoms with Crippen molar-refractivity contribution in [2.24, 2.45) is 4.99 Å². The molecule has 0 spiro atoms. The van der Waals surface area contributed by atoms with Crippen LogP contribution in [0, 0.1) is 0 Å². The number of hydrogen-bond acceptors (Lipinski definition) is 1. The summed E-state index contributed by atoms with van der Waals surface area (Å²) in [7, 11) is 0. The van der Waals surface area contributed by atoms with Crippen LogP contribution in [-0.2, 0) is 0 Å². The zero-order chi connectivity index (χ0) is 10.1. The topological polar surface area (TPSA) is 12.4 Å². The number of benzene rings is 1. The molecule has 3 heteroatoms. The molecule has 14 heavy (non-hydrogen) atoms. The van der Waals surface area contributed by atoms with Gasteiger partial charge in [0.2, 0.25) is 0 Å². The highest BCUT2D eigenvalue weighted by atomic mass is 79.9. The van der Waals surface area contributed by atoms with E-state index in [1.807, 2.05) is 24.3 Å². The van der Waals surface area contributed by atoms with E-state index < -0.39 is 0 Å². The van der Waals surface area contributed by atoms with Crippen molar-refractivity contribution in [2.75, 3.05) is 0 Å². The van der Waals surface area contributed by atoms with Crippen molar-refractivity contribution < 1.29 is 0 Å². The lowest BCUT2D eigenvalue weighted by Crippen LogP contribution is -1.79. The predicted molar refractivity (Wildman–Crippen MR) is 65.3 cm³/mol. The van der Waals surface area contributed by atoms with E-state index in [2.05, 4.69) is 27.5 Å². The Labute approximate surface area is 95.9 Å². The van der Waals surface area contributed by atoms with Crippen molar-refractivity contribution in [3.8, 4) is 0 Å². The molecule has 0 bridgehead atoms. The van der Waals surface area contributed by atoms with Crippen molar-refractivity contribution >= 4 is 44.0 Å². The molecule has 0 saturated heterocycles.